The summed E-state index contributed by atoms with van der Waals surface area (Å²) in [5.41, 5.74) is 2.44. The van der Waals surface area contributed by atoms with Crippen molar-refractivity contribution in [2.75, 3.05) is 18.5 Å². The summed E-state index contributed by atoms with van der Waals surface area (Å²) in [4.78, 5) is 8.07. The van der Waals surface area contributed by atoms with Gasteiger partial charge in [0.15, 0.2) is 11.5 Å². The third kappa shape index (κ3) is 3.68. The van der Waals surface area contributed by atoms with Crippen LogP contribution in [0.15, 0.2) is 67.0 Å². The third-order valence-corrected chi connectivity index (χ3v) is 3.43. The molecule has 0 aliphatic carbocycles. The number of nitrogens with one attached hydrogen (secondary N) is 1. The van der Waals surface area contributed by atoms with Crippen LogP contribution < -0.4 is 10.1 Å². The summed E-state index contributed by atoms with van der Waals surface area (Å²) in [6, 6.07) is 20.0. The van der Waals surface area contributed by atoms with Crippen LogP contribution in [-0.2, 0) is 0 Å². The van der Waals surface area contributed by atoms with Crippen LogP contribution in [0.2, 0.25) is 0 Å². The molecule has 0 atom stereocenters. The number of nitrogens with zero attached hydrogens (tertiary/aromatic N) is 3. The van der Waals surface area contributed by atoms with Crippen LogP contribution in [0.1, 0.15) is 5.69 Å². The Morgan fingerprint density at radius 2 is 1.71 bits per heavy atom. The van der Waals surface area contributed by atoms with Gasteiger partial charge in [-0.1, -0.05) is 48.5 Å². The van der Waals surface area contributed by atoms with Gasteiger partial charge in [0.25, 0.3) is 0 Å². The van der Waals surface area contributed by atoms with Gasteiger partial charge in [-0.3, -0.25) is 0 Å². The van der Waals surface area contributed by atoms with Crippen LogP contribution in [0.4, 0.5) is 5.82 Å². The molecule has 0 spiro atoms. The van der Waals surface area contributed by atoms with Crippen LogP contribution in [-0.4, -0.2) is 23.1 Å². The molecule has 24 heavy (non-hydrogen) atoms. The van der Waals surface area contributed by atoms with Crippen molar-refractivity contribution < 1.29 is 4.74 Å². The number of hydrogen-bond donors (Lipinski definition) is 1. The van der Waals surface area contributed by atoms with E-state index in [0.717, 1.165) is 16.9 Å². The van der Waals surface area contributed by atoms with Gasteiger partial charge in [-0.15, -0.1) is 0 Å². The highest BCUT2D eigenvalue weighted by molar-refractivity contribution is 5.70. The first-order valence-corrected chi connectivity index (χ1v) is 7.60. The van der Waals surface area contributed by atoms with Crippen LogP contribution in [0.25, 0.3) is 11.1 Å². The lowest BCUT2D eigenvalue weighted by Crippen LogP contribution is -2.14. The van der Waals surface area contributed by atoms with E-state index in [9.17, 15) is 0 Å². The lowest BCUT2D eigenvalue weighted by atomic mass is 10.1. The molecule has 0 unspecified atom stereocenters. The summed E-state index contributed by atoms with van der Waals surface area (Å²) in [6.07, 6.45) is 3.05. The first-order valence-electron chi connectivity index (χ1n) is 7.60. The van der Waals surface area contributed by atoms with E-state index in [-0.39, 0.29) is 5.69 Å². The maximum atomic E-state index is 8.99. The summed E-state index contributed by atoms with van der Waals surface area (Å²) in [5.74, 6) is 1.30. The first-order chi connectivity index (χ1) is 11.9. The molecule has 2 aromatic carbocycles. The molecule has 1 N–H and O–H groups in total. The molecule has 0 saturated heterocycles. The standard InChI is InChI=1S/C19H16N4O/c20-14-17-19(22-11-10-21-17)23-12-13-24-18-9-5-4-8-16(18)15-6-2-1-3-7-15/h1-11H,12-13H2,(H,22,23). The molecule has 1 heterocycles. The fraction of sp³-hybridized carbons (Fsp3) is 0.105. The highest BCUT2D eigenvalue weighted by Gasteiger charge is 2.06. The fourth-order valence-electron chi connectivity index (χ4n) is 2.33. The zero-order valence-electron chi connectivity index (χ0n) is 13.0. The number of nitriles is 1. The maximum absolute atomic E-state index is 8.99. The van der Waals surface area contributed by atoms with Crippen molar-refractivity contribution in [1.29, 1.82) is 5.26 Å². The van der Waals surface area contributed by atoms with Crippen molar-refractivity contribution >= 4 is 5.82 Å². The Balaban J connectivity index is 1.63. The van der Waals surface area contributed by atoms with Gasteiger partial charge in [0.1, 0.15) is 18.4 Å². The number of para-hydroxylation sites is 1. The Hall–Kier alpha value is -3.39. The highest BCUT2D eigenvalue weighted by Crippen LogP contribution is 2.29. The summed E-state index contributed by atoms with van der Waals surface area (Å²) in [5, 5.41) is 12.1. The second kappa shape index (κ2) is 7.75. The smallest absolute Gasteiger partial charge is 0.182 e. The zero-order valence-corrected chi connectivity index (χ0v) is 13.0. The van der Waals surface area contributed by atoms with Gasteiger partial charge >= 0.3 is 0 Å². The Morgan fingerprint density at radius 1 is 0.958 bits per heavy atom. The average Bonchev–Trinajstić information content (AvgIpc) is 2.66. The van der Waals surface area contributed by atoms with Crippen LogP contribution >= 0.6 is 0 Å². The lowest BCUT2D eigenvalue weighted by molar-refractivity contribution is 0.334. The minimum absolute atomic E-state index is 0.280. The van der Waals surface area contributed by atoms with E-state index < -0.39 is 0 Å². The van der Waals surface area contributed by atoms with Crippen molar-refractivity contribution in [2.24, 2.45) is 0 Å². The SMILES string of the molecule is N#Cc1nccnc1NCCOc1ccccc1-c1ccccc1. The van der Waals surface area contributed by atoms with Gasteiger partial charge in [0, 0.05) is 18.0 Å². The largest absolute Gasteiger partial charge is 0.491 e. The Bertz CT molecular complexity index is 843. The Morgan fingerprint density at radius 3 is 2.54 bits per heavy atom. The number of ether oxygens (including phenoxy) is 1. The topological polar surface area (TPSA) is 70.8 Å². The van der Waals surface area contributed by atoms with Crippen molar-refractivity contribution in [2.45, 2.75) is 0 Å². The van der Waals surface area contributed by atoms with Crippen LogP contribution in [0.5, 0.6) is 5.75 Å². The van der Waals surface area contributed by atoms with Crippen molar-refractivity contribution in [1.82, 2.24) is 9.97 Å². The van der Waals surface area contributed by atoms with Crippen molar-refractivity contribution in [3.8, 4) is 22.9 Å². The molecule has 0 aliphatic rings. The van der Waals surface area contributed by atoms with E-state index in [2.05, 4.69) is 27.4 Å². The quantitative estimate of drug-likeness (QED) is 0.705. The molecule has 0 aliphatic heterocycles. The number of anilines is 1. The lowest BCUT2D eigenvalue weighted by Gasteiger charge is -2.12. The summed E-state index contributed by atoms with van der Waals surface area (Å²) in [7, 11) is 0. The molecular weight excluding hydrogens is 300 g/mol. The number of benzene rings is 2. The van der Waals surface area contributed by atoms with Gasteiger partial charge in [0.2, 0.25) is 0 Å². The van der Waals surface area contributed by atoms with E-state index in [1.165, 1.54) is 6.20 Å². The second-order valence-corrected chi connectivity index (χ2v) is 5.00. The predicted octanol–water partition coefficient (Wildman–Crippen LogP) is 3.51. The van der Waals surface area contributed by atoms with Crippen molar-refractivity contribution in [3.63, 3.8) is 0 Å². The maximum Gasteiger partial charge on any atom is 0.182 e. The molecular formula is C19H16N4O. The molecule has 0 bridgehead atoms. The predicted molar refractivity (Wildman–Crippen MR) is 92.6 cm³/mol. The molecule has 0 amide bonds. The average molecular weight is 316 g/mol. The third-order valence-electron chi connectivity index (χ3n) is 3.43. The number of hydrogen-bond acceptors (Lipinski definition) is 5. The number of rotatable bonds is 6. The second-order valence-electron chi connectivity index (χ2n) is 5.00. The minimum Gasteiger partial charge on any atom is -0.491 e. The molecule has 1 aromatic heterocycles. The summed E-state index contributed by atoms with van der Waals surface area (Å²) < 4.78 is 5.89. The monoisotopic (exact) mass is 316 g/mol. The normalized spacial score (nSPS) is 9.96. The molecule has 5 nitrogen and oxygen atoms in total. The fourth-order valence-corrected chi connectivity index (χ4v) is 2.33. The molecule has 0 fully saturated rings. The van der Waals surface area contributed by atoms with Gasteiger partial charge in [-0.2, -0.15) is 5.26 Å². The molecule has 3 aromatic rings. The molecule has 5 heteroatoms. The van der Waals surface area contributed by atoms with Crippen LogP contribution in [0, 0.1) is 11.3 Å². The number of aromatic nitrogens is 2. The highest BCUT2D eigenvalue weighted by atomic mass is 16.5. The summed E-state index contributed by atoms with van der Waals surface area (Å²) >= 11 is 0. The summed E-state index contributed by atoms with van der Waals surface area (Å²) in [6.45, 7) is 0.974. The molecule has 0 saturated carbocycles. The van der Waals surface area contributed by atoms with E-state index in [0.29, 0.717) is 19.0 Å². The molecule has 118 valence electrons. The van der Waals surface area contributed by atoms with Gasteiger partial charge in [0.05, 0.1) is 6.54 Å². The van der Waals surface area contributed by atoms with Gasteiger partial charge in [-0.25, -0.2) is 9.97 Å². The zero-order chi connectivity index (χ0) is 16.6. The van der Waals surface area contributed by atoms with E-state index >= 15 is 0 Å². The van der Waals surface area contributed by atoms with E-state index in [4.69, 9.17) is 10.00 Å². The van der Waals surface area contributed by atoms with Crippen LogP contribution in [0.3, 0.4) is 0 Å². The van der Waals surface area contributed by atoms with Gasteiger partial charge < -0.3 is 10.1 Å². The molecule has 3 rings (SSSR count). The Labute approximate surface area is 140 Å². The van der Waals surface area contributed by atoms with Gasteiger partial charge in [-0.05, 0) is 11.6 Å². The van der Waals surface area contributed by atoms with E-state index in [1.54, 1.807) is 6.20 Å². The molecule has 0 radical (unpaired) electrons. The Kier molecular flexibility index (Phi) is 5.00. The van der Waals surface area contributed by atoms with Crippen molar-refractivity contribution in [3.05, 3.63) is 72.7 Å². The first kappa shape index (κ1) is 15.5. The van der Waals surface area contributed by atoms with E-state index in [1.807, 2.05) is 48.5 Å². The minimum atomic E-state index is 0.280.